The van der Waals surface area contributed by atoms with Gasteiger partial charge in [-0.15, -0.1) is 11.3 Å². The number of aromatic nitrogens is 1. The average molecular weight is 320 g/mol. The molecule has 0 radical (unpaired) electrons. The highest BCUT2D eigenvalue weighted by atomic mass is 32.1. The van der Waals surface area contributed by atoms with Crippen molar-refractivity contribution in [1.29, 1.82) is 0 Å². The van der Waals surface area contributed by atoms with Crippen molar-refractivity contribution in [2.75, 3.05) is 20.7 Å². The fraction of sp³-hybridized carbons (Fsp3) is 0.438. The first-order valence-corrected chi connectivity index (χ1v) is 8.07. The SMILES string of the molecule is COC(=O)CCCN(C)C(=O)CCc1nc2ccccc2s1. The number of rotatable bonds is 7. The number of carbonyl (C=O) groups is 2. The number of amides is 1. The molecule has 0 unspecified atom stereocenters. The van der Waals surface area contributed by atoms with Gasteiger partial charge in [0.05, 0.1) is 22.3 Å². The molecule has 0 N–H and O–H groups in total. The molecule has 22 heavy (non-hydrogen) atoms. The molecular weight excluding hydrogens is 300 g/mol. The summed E-state index contributed by atoms with van der Waals surface area (Å²) >= 11 is 1.63. The number of methoxy groups -OCH3 is 1. The first-order valence-electron chi connectivity index (χ1n) is 7.25. The molecule has 1 aromatic carbocycles. The van der Waals surface area contributed by atoms with Crippen LogP contribution in [0.1, 0.15) is 24.3 Å². The Morgan fingerprint density at radius 2 is 2.05 bits per heavy atom. The zero-order chi connectivity index (χ0) is 15.9. The van der Waals surface area contributed by atoms with Crippen molar-refractivity contribution in [3.05, 3.63) is 29.3 Å². The van der Waals surface area contributed by atoms with Crippen LogP contribution in [0.15, 0.2) is 24.3 Å². The Balaban J connectivity index is 1.77. The minimum Gasteiger partial charge on any atom is -0.469 e. The second-order valence-electron chi connectivity index (χ2n) is 5.07. The Morgan fingerprint density at radius 1 is 1.27 bits per heavy atom. The third kappa shape index (κ3) is 4.53. The van der Waals surface area contributed by atoms with Crippen LogP contribution < -0.4 is 0 Å². The fourth-order valence-corrected chi connectivity index (χ4v) is 3.09. The zero-order valence-corrected chi connectivity index (χ0v) is 13.7. The number of para-hydroxylation sites is 1. The van der Waals surface area contributed by atoms with E-state index in [1.54, 1.807) is 23.3 Å². The number of nitrogens with zero attached hydrogens (tertiary/aromatic N) is 2. The highest BCUT2D eigenvalue weighted by Gasteiger charge is 2.11. The van der Waals surface area contributed by atoms with Crippen LogP contribution in [0.5, 0.6) is 0 Å². The van der Waals surface area contributed by atoms with Gasteiger partial charge >= 0.3 is 5.97 Å². The predicted octanol–water partition coefficient (Wildman–Crippen LogP) is 2.64. The van der Waals surface area contributed by atoms with Crippen molar-refractivity contribution in [3.63, 3.8) is 0 Å². The van der Waals surface area contributed by atoms with Crippen LogP contribution in [0.2, 0.25) is 0 Å². The number of hydrogen-bond acceptors (Lipinski definition) is 5. The smallest absolute Gasteiger partial charge is 0.305 e. The van der Waals surface area contributed by atoms with Crippen LogP contribution in [0.3, 0.4) is 0 Å². The number of ether oxygens (including phenoxy) is 1. The van der Waals surface area contributed by atoms with Crippen LogP contribution in [-0.2, 0) is 20.7 Å². The molecule has 0 spiro atoms. The third-order valence-electron chi connectivity index (χ3n) is 3.42. The Morgan fingerprint density at radius 3 is 2.77 bits per heavy atom. The molecule has 0 aliphatic heterocycles. The number of esters is 1. The van der Waals surface area contributed by atoms with E-state index in [0.29, 0.717) is 32.2 Å². The Hall–Kier alpha value is -1.95. The molecule has 118 valence electrons. The first kappa shape index (κ1) is 16.4. The average Bonchev–Trinajstić information content (AvgIpc) is 2.95. The molecule has 0 fully saturated rings. The molecule has 2 rings (SSSR count). The molecule has 0 saturated heterocycles. The summed E-state index contributed by atoms with van der Waals surface area (Å²) in [6, 6.07) is 7.98. The maximum Gasteiger partial charge on any atom is 0.305 e. The zero-order valence-electron chi connectivity index (χ0n) is 12.9. The van der Waals surface area contributed by atoms with Crippen molar-refractivity contribution in [2.45, 2.75) is 25.7 Å². The maximum absolute atomic E-state index is 12.1. The number of hydrogen-bond donors (Lipinski definition) is 0. The topological polar surface area (TPSA) is 59.5 Å². The molecule has 5 nitrogen and oxygen atoms in total. The van der Waals surface area contributed by atoms with Gasteiger partial charge in [0.25, 0.3) is 0 Å². The van der Waals surface area contributed by atoms with Gasteiger partial charge in [-0.05, 0) is 18.6 Å². The number of thiazole rings is 1. The molecule has 0 aliphatic rings. The lowest BCUT2D eigenvalue weighted by Crippen LogP contribution is -2.28. The van der Waals surface area contributed by atoms with E-state index < -0.39 is 0 Å². The standard InChI is InChI=1S/C16H20N2O3S/c1-18(11-5-8-16(20)21-2)15(19)10-9-14-17-12-6-3-4-7-13(12)22-14/h3-4,6-7H,5,8-11H2,1-2H3. The van der Waals surface area contributed by atoms with Crippen molar-refractivity contribution in [1.82, 2.24) is 9.88 Å². The van der Waals surface area contributed by atoms with Gasteiger partial charge in [-0.25, -0.2) is 4.98 Å². The summed E-state index contributed by atoms with van der Waals surface area (Å²) in [6.07, 6.45) is 2.05. The highest BCUT2D eigenvalue weighted by molar-refractivity contribution is 7.18. The number of benzene rings is 1. The van der Waals surface area contributed by atoms with Crippen LogP contribution in [0.4, 0.5) is 0 Å². The quantitative estimate of drug-likeness (QED) is 0.736. The molecule has 2 aromatic rings. The van der Waals surface area contributed by atoms with E-state index in [4.69, 9.17) is 0 Å². The lowest BCUT2D eigenvalue weighted by Gasteiger charge is -2.16. The minimum absolute atomic E-state index is 0.0733. The van der Waals surface area contributed by atoms with Crippen molar-refractivity contribution < 1.29 is 14.3 Å². The van der Waals surface area contributed by atoms with Crippen LogP contribution in [-0.4, -0.2) is 42.5 Å². The van der Waals surface area contributed by atoms with Crippen molar-refractivity contribution >= 4 is 33.4 Å². The molecule has 0 atom stereocenters. The summed E-state index contributed by atoms with van der Waals surface area (Å²) in [7, 11) is 3.13. The van der Waals surface area contributed by atoms with Gasteiger partial charge in [-0.3, -0.25) is 9.59 Å². The van der Waals surface area contributed by atoms with Crippen LogP contribution in [0.25, 0.3) is 10.2 Å². The Bertz CT molecular complexity index is 621. The number of aryl methyl sites for hydroxylation is 1. The molecule has 0 saturated carbocycles. The van der Waals surface area contributed by atoms with Crippen molar-refractivity contribution in [3.8, 4) is 0 Å². The monoisotopic (exact) mass is 320 g/mol. The molecule has 1 heterocycles. The lowest BCUT2D eigenvalue weighted by atomic mass is 10.2. The molecule has 1 amide bonds. The van der Waals surface area contributed by atoms with Gasteiger partial charge in [-0.1, -0.05) is 12.1 Å². The molecule has 0 bridgehead atoms. The summed E-state index contributed by atoms with van der Waals surface area (Å²) in [6.45, 7) is 0.563. The second kappa shape index (κ2) is 7.89. The second-order valence-corrected chi connectivity index (χ2v) is 6.19. The number of carbonyl (C=O) groups excluding carboxylic acids is 2. The van der Waals surface area contributed by atoms with Gasteiger partial charge in [0.15, 0.2) is 0 Å². The summed E-state index contributed by atoms with van der Waals surface area (Å²) in [5.41, 5.74) is 0.987. The summed E-state index contributed by atoms with van der Waals surface area (Å²) in [5, 5.41) is 0.984. The van der Waals surface area contributed by atoms with E-state index in [1.807, 2.05) is 24.3 Å². The maximum atomic E-state index is 12.1. The van der Waals surface area contributed by atoms with Gasteiger partial charge in [0.2, 0.25) is 5.91 Å². The van der Waals surface area contributed by atoms with E-state index in [2.05, 4.69) is 9.72 Å². The number of fused-ring (bicyclic) bond motifs is 1. The molecular formula is C16H20N2O3S. The minimum atomic E-state index is -0.240. The summed E-state index contributed by atoms with van der Waals surface area (Å²) < 4.78 is 5.73. The first-order chi connectivity index (χ1) is 10.6. The fourth-order valence-electron chi connectivity index (χ4n) is 2.12. The summed E-state index contributed by atoms with van der Waals surface area (Å²) in [5.74, 6) is -0.167. The van der Waals surface area contributed by atoms with Crippen molar-refractivity contribution in [2.24, 2.45) is 0 Å². The highest BCUT2D eigenvalue weighted by Crippen LogP contribution is 2.22. The van der Waals surface area contributed by atoms with E-state index in [-0.39, 0.29) is 11.9 Å². The normalized spacial score (nSPS) is 10.6. The predicted molar refractivity (Wildman–Crippen MR) is 86.8 cm³/mol. The van der Waals surface area contributed by atoms with Gasteiger partial charge in [0.1, 0.15) is 0 Å². The Kier molecular flexibility index (Phi) is 5.89. The Labute approximate surface area is 133 Å². The van der Waals surface area contributed by atoms with E-state index in [9.17, 15) is 9.59 Å². The molecule has 0 aliphatic carbocycles. The van der Waals surface area contributed by atoms with Crippen LogP contribution in [0, 0.1) is 0 Å². The third-order valence-corrected chi connectivity index (χ3v) is 4.51. The lowest BCUT2D eigenvalue weighted by molar-refractivity contribution is -0.141. The van der Waals surface area contributed by atoms with E-state index >= 15 is 0 Å². The van der Waals surface area contributed by atoms with E-state index in [0.717, 1.165) is 15.2 Å². The van der Waals surface area contributed by atoms with Gasteiger partial charge < -0.3 is 9.64 Å². The summed E-state index contributed by atoms with van der Waals surface area (Å²) in [4.78, 5) is 29.3. The van der Waals surface area contributed by atoms with Crippen LogP contribution >= 0.6 is 11.3 Å². The van der Waals surface area contributed by atoms with Gasteiger partial charge in [0, 0.05) is 32.9 Å². The molecule has 6 heteroatoms. The largest absolute Gasteiger partial charge is 0.469 e. The van der Waals surface area contributed by atoms with Gasteiger partial charge in [-0.2, -0.15) is 0 Å². The molecule has 1 aromatic heterocycles. The van der Waals surface area contributed by atoms with E-state index in [1.165, 1.54) is 7.11 Å².